The normalized spacial score (nSPS) is 10.6. The smallest absolute Gasteiger partial charge is 0.272 e. The Hall–Kier alpha value is -5.50. The number of fused-ring (bicyclic) bond motifs is 1. The van der Waals surface area contributed by atoms with E-state index in [-0.39, 0.29) is 18.0 Å². The number of hydrogen-bond acceptors (Lipinski definition) is 7. The van der Waals surface area contributed by atoms with Crippen LogP contribution in [0.25, 0.3) is 22.3 Å². The second-order valence-corrected chi connectivity index (χ2v) is 8.07. The van der Waals surface area contributed by atoms with Crippen LogP contribution in [0.4, 0.5) is 11.4 Å². The number of rotatable bonds is 7. The van der Waals surface area contributed by atoms with Crippen molar-refractivity contribution >= 4 is 34.1 Å². The van der Waals surface area contributed by atoms with Crippen LogP contribution in [0.3, 0.4) is 0 Å². The highest BCUT2D eigenvalue weighted by atomic mass is 16.5. The highest BCUT2D eigenvalue weighted by Crippen LogP contribution is 2.28. The first-order valence-corrected chi connectivity index (χ1v) is 11.2. The number of nitrogens with zero attached hydrogens (tertiary/aromatic N) is 4. The maximum absolute atomic E-state index is 13.1. The number of carbonyl (C=O) groups excluding carboxylic acids is 2. The number of nitriles is 1. The standard InChI is InChI=1S/C26H20N8O3/c1-37-22-8-3-2-5-16(22)13-23(35)28-20-7-4-6-17-12-21(29-24(17)20)26(36)30-19-10-9-15(14-27)11-18(19)25-31-33-34-32-25/h2-12,29H,13H2,1H3,(H,28,35)(H,30,36)(H,31,32,33,34). The Kier molecular flexibility index (Phi) is 6.29. The summed E-state index contributed by atoms with van der Waals surface area (Å²) in [5, 5.41) is 29.4. The zero-order valence-corrected chi connectivity index (χ0v) is 19.6. The average Bonchev–Trinajstić information content (AvgIpc) is 3.60. The van der Waals surface area contributed by atoms with E-state index in [1.165, 1.54) is 0 Å². The van der Waals surface area contributed by atoms with Gasteiger partial charge in [-0.25, -0.2) is 5.10 Å². The first-order chi connectivity index (χ1) is 18.1. The van der Waals surface area contributed by atoms with Gasteiger partial charge in [0.25, 0.3) is 5.91 Å². The van der Waals surface area contributed by atoms with E-state index >= 15 is 0 Å². The molecular weight excluding hydrogens is 472 g/mol. The number of aromatic nitrogens is 5. The molecule has 0 aliphatic heterocycles. The maximum Gasteiger partial charge on any atom is 0.272 e. The maximum atomic E-state index is 13.1. The number of aromatic amines is 2. The van der Waals surface area contributed by atoms with Gasteiger partial charge in [0.15, 0.2) is 5.82 Å². The van der Waals surface area contributed by atoms with Crippen molar-refractivity contribution in [1.82, 2.24) is 25.6 Å². The molecule has 0 saturated carbocycles. The third-order valence-electron chi connectivity index (χ3n) is 5.72. The van der Waals surface area contributed by atoms with Crippen molar-refractivity contribution in [3.63, 3.8) is 0 Å². The van der Waals surface area contributed by atoms with Crippen LogP contribution in [0.1, 0.15) is 21.6 Å². The quantitative estimate of drug-likeness (QED) is 0.269. The summed E-state index contributed by atoms with van der Waals surface area (Å²) < 4.78 is 5.33. The van der Waals surface area contributed by atoms with Crippen LogP contribution >= 0.6 is 0 Å². The van der Waals surface area contributed by atoms with Gasteiger partial charge in [-0.2, -0.15) is 5.26 Å². The van der Waals surface area contributed by atoms with Crippen LogP contribution in [-0.4, -0.2) is 44.5 Å². The molecule has 0 spiro atoms. The van der Waals surface area contributed by atoms with Gasteiger partial charge in [-0.15, -0.1) is 5.10 Å². The topological polar surface area (TPSA) is 161 Å². The van der Waals surface area contributed by atoms with Gasteiger partial charge >= 0.3 is 0 Å². The predicted molar refractivity (Wildman–Crippen MR) is 136 cm³/mol. The molecular formula is C26H20N8O3. The lowest BCUT2D eigenvalue weighted by molar-refractivity contribution is -0.115. The van der Waals surface area contributed by atoms with Gasteiger partial charge < -0.3 is 20.4 Å². The summed E-state index contributed by atoms with van der Waals surface area (Å²) in [6, 6.07) is 21.3. The van der Waals surface area contributed by atoms with E-state index in [1.807, 2.05) is 24.3 Å². The lowest BCUT2D eigenvalue weighted by Gasteiger charge is -2.10. The van der Waals surface area contributed by atoms with Gasteiger partial charge in [-0.3, -0.25) is 9.59 Å². The minimum absolute atomic E-state index is 0.131. The van der Waals surface area contributed by atoms with Crippen molar-refractivity contribution in [1.29, 1.82) is 5.26 Å². The third kappa shape index (κ3) is 4.85. The Bertz CT molecular complexity index is 1650. The van der Waals surface area contributed by atoms with Crippen molar-refractivity contribution in [2.24, 2.45) is 0 Å². The minimum Gasteiger partial charge on any atom is -0.496 e. The Morgan fingerprint density at radius 2 is 1.89 bits per heavy atom. The lowest BCUT2D eigenvalue weighted by atomic mass is 10.1. The second kappa shape index (κ2) is 10.0. The molecule has 2 amide bonds. The highest BCUT2D eigenvalue weighted by molar-refractivity contribution is 6.09. The van der Waals surface area contributed by atoms with Gasteiger partial charge in [0, 0.05) is 16.5 Å². The SMILES string of the molecule is COc1ccccc1CC(=O)Nc1cccc2cc(C(=O)Nc3ccc(C#N)cc3-c3nnn[nH]3)[nH]c12. The molecule has 0 aliphatic carbocycles. The molecule has 2 aromatic heterocycles. The molecule has 0 saturated heterocycles. The molecule has 37 heavy (non-hydrogen) atoms. The number of anilines is 2. The summed E-state index contributed by atoms with van der Waals surface area (Å²) in [4.78, 5) is 29.0. The molecule has 11 nitrogen and oxygen atoms in total. The number of amides is 2. The summed E-state index contributed by atoms with van der Waals surface area (Å²) >= 11 is 0. The fraction of sp³-hybridized carbons (Fsp3) is 0.0769. The first kappa shape index (κ1) is 23.3. The zero-order chi connectivity index (χ0) is 25.8. The Balaban J connectivity index is 1.38. The monoisotopic (exact) mass is 492 g/mol. The van der Waals surface area contributed by atoms with Crippen LogP contribution in [0.5, 0.6) is 5.75 Å². The number of benzene rings is 3. The zero-order valence-electron chi connectivity index (χ0n) is 19.6. The summed E-state index contributed by atoms with van der Waals surface area (Å²) in [6.45, 7) is 0. The molecule has 4 N–H and O–H groups in total. The molecule has 11 heteroatoms. The van der Waals surface area contributed by atoms with Gasteiger partial charge in [0.2, 0.25) is 5.91 Å². The van der Waals surface area contributed by atoms with Crippen molar-refractivity contribution in [2.75, 3.05) is 17.7 Å². The summed E-state index contributed by atoms with van der Waals surface area (Å²) in [6.07, 6.45) is 0.131. The molecule has 3 aromatic carbocycles. The van der Waals surface area contributed by atoms with Gasteiger partial charge in [-0.05, 0) is 46.8 Å². The summed E-state index contributed by atoms with van der Waals surface area (Å²) in [5.74, 6) is 0.309. The molecule has 0 radical (unpaired) electrons. The largest absolute Gasteiger partial charge is 0.496 e. The third-order valence-corrected chi connectivity index (χ3v) is 5.72. The van der Waals surface area contributed by atoms with Gasteiger partial charge in [-0.1, -0.05) is 30.3 Å². The Morgan fingerprint density at radius 1 is 1.03 bits per heavy atom. The molecule has 2 heterocycles. The number of para-hydroxylation sites is 2. The van der Waals surface area contributed by atoms with Crippen LogP contribution in [-0.2, 0) is 11.2 Å². The molecule has 5 rings (SSSR count). The van der Waals surface area contributed by atoms with E-state index in [2.05, 4.69) is 42.3 Å². The van der Waals surface area contributed by atoms with Crippen LogP contribution in [0, 0.1) is 11.3 Å². The lowest BCUT2D eigenvalue weighted by Crippen LogP contribution is -2.15. The number of H-pyrrole nitrogens is 2. The molecule has 0 aliphatic rings. The van der Waals surface area contributed by atoms with E-state index < -0.39 is 5.91 Å². The first-order valence-electron chi connectivity index (χ1n) is 11.2. The van der Waals surface area contributed by atoms with E-state index in [1.54, 1.807) is 49.6 Å². The molecule has 0 bridgehead atoms. The average molecular weight is 492 g/mol. The molecule has 0 unspecified atom stereocenters. The number of nitrogens with one attached hydrogen (secondary N) is 4. The second-order valence-electron chi connectivity index (χ2n) is 8.07. The molecule has 0 atom stereocenters. The van der Waals surface area contributed by atoms with E-state index in [0.29, 0.717) is 39.6 Å². The molecule has 182 valence electrons. The Morgan fingerprint density at radius 3 is 2.68 bits per heavy atom. The van der Waals surface area contributed by atoms with Crippen LogP contribution in [0.15, 0.2) is 66.7 Å². The summed E-state index contributed by atoms with van der Waals surface area (Å²) in [5.41, 5.74) is 3.49. The highest BCUT2D eigenvalue weighted by Gasteiger charge is 2.17. The van der Waals surface area contributed by atoms with Crippen molar-refractivity contribution < 1.29 is 14.3 Å². The fourth-order valence-electron chi connectivity index (χ4n) is 3.98. The minimum atomic E-state index is -0.416. The van der Waals surface area contributed by atoms with E-state index in [9.17, 15) is 14.9 Å². The van der Waals surface area contributed by atoms with Crippen molar-refractivity contribution in [3.8, 4) is 23.2 Å². The molecule has 0 fully saturated rings. The number of ether oxygens (including phenoxy) is 1. The number of carbonyl (C=O) groups is 2. The predicted octanol–water partition coefficient (Wildman–Crippen LogP) is 3.66. The summed E-state index contributed by atoms with van der Waals surface area (Å²) in [7, 11) is 1.56. The fourth-order valence-corrected chi connectivity index (χ4v) is 3.98. The van der Waals surface area contributed by atoms with Crippen molar-refractivity contribution in [2.45, 2.75) is 6.42 Å². The number of tetrazole rings is 1. The van der Waals surface area contributed by atoms with E-state index in [0.717, 1.165) is 10.9 Å². The van der Waals surface area contributed by atoms with Gasteiger partial charge in [0.1, 0.15) is 11.4 Å². The van der Waals surface area contributed by atoms with E-state index in [4.69, 9.17) is 4.74 Å². The van der Waals surface area contributed by atoms with Crippen LogP contribution < -0.4 is 15.4 Å². The van der Waals surface area contributed by atoms with Gasteiger partial charge in [0.05, 0.1) is 42.1 Å². The molecule has 5 aromatic rings. The Labute approximate surface area is 210 Å². The van der Waals surface area contributed by atoms with Crippen LogP contribution in [0.2, 0.25) is 0 Å². The number of methoxy groups -OCH3 is 1. The number of hydrogen-bond donors (Lipinski definition) is 4. The van der Waals surface area contributed by atoms with Crippen molar-refractivity contribution in [3.05, 3.63) is 83.6 Å².